The number of hydrogen-bond donors (Lipinski definition) is 0. The molecule has 98 valence electrons. The van der Waals surface area contributed by atoms with E-state index in [2.05, 4.69) is 15.9 Å². The molecule has 0 bridgehead atoms. The number of carbonyl (C=O) groups excluding carboxylic acids is 1. The minimum atomic E-state index is -0.376. The summed E-state index contributed by atoms with van der Waals surface area (Å²) >= 11 is 3.31. The van der Waals surface area contributed by atoms with Crippen LogP contribution < -0.4 is 0 Å². The van der Waals surface area contributed by atoms with Crippen LogP contribution in [0.5, 0.6) is 0 Å². The molecular weight excluding hydrogens is 297 g/mol. The highest BCUT2D eigenvalue weighted by molar-refractivity contribution is 9.10. The summed E-state index contributed by atoms with van der Waals surface area (Å²) in [5.74, 6) is -0.480. The van der Waals surface area contributed by atoms with Crippen molar-refractivity contribution in [3.63, 3.8) is 0 Å². The summed E-state index contributed by atoms with van der Waals surface area (Å²) in [7, 11) is 1.82. The van der Waals surface area contributed by atoms with Gasteiger partial charge in [-0.1, -0.05) is 19.3 Å². The minimum absolute atomic E-state index is 0.103. The van der Waals surface area contributed by atoms with E-state index in [1.807, 2.05) is 7.05 Å². The van der Waals surface area contributed by atoms with Gasteiger partial charge in [0.2, 0.25) is 0 Å². The van der Waals surface area contributed by atoms with Crippen LogP contribution in [-0.2, 0) is 0 Å². The van der Waals surface area contributed by atoms with Gasteiger partial charge in [0.25, 0.3) is 5.91 Å². The molecule has 0 aromatic heterocycles. The third kappa shape index (κ3) is 2.91. The van der Waals surface area contributed by atoms with Crippen LogP contribution in [-0.4, -0.2) is 23.9 Å². The SMILES string of the molecule is CN(C(=O)c1cc(F)ccc1Br)C1CCCCC1. The van der Waals surface area contributed by atoms with Gasteiger partial charge in [0.05, 0.1) is 5.56 Å². The average Bonchev–Trinajstić information content (AvgIpc) is 2.41. The van der Waals surface area contributed by atoms with Crippen LogP contribution in [0, 0.1) is 5.82 Å². The van der Waals surface area contributed by atoms with E-state index in [9.17, 15) is 9.18 Å². The highest BCUT2D eigenvalue weighted by Gasteiger charge is 2.24. The maximum atomic E-state index is 13.2. The summed E-state index contributed by atoms with van der Waals surface area (Å²) in [6.45, 7) is 0. The molecule has 0 spiro atoms. The van der Waals surface area contributed by atoms with Gasteiger partial charge in [-0.2, -0.15) is 0 Å². The van der Waals surface area contributed by atoms with E-state index in [4.69, 9.17) is 0 Å². The van der Waals surface area contributed by atoms with Gasteiger partial charge in [-0.15, -0.1) is 0 Å². The first-order valence-corrected chi connectivity index (χ1v) is 7.11. The van der Waals surface area contributed by atoms with E-state index in [1.165, 1.54) is 31.4 Å². The Labute approximate surface area is 115 Å². The number of nitrogens with zero attached hydrogens (tertiary/aromatic N) is 1. The van der Waals surface area contributed by atoms with Gasteiger partial charge in [-0.3, -0.25) is 4.79 Å². The molecule has 0 saturated heterocycles. The lowest BCUT2D eigenvalue weighted by Crippen LogP contribution is -2.38. The summed E-state index contributed by atoms with van der Waals surface area (Å²) in [5.41, 5.74) is 0.406. The lowest BCUT2D eigenvalue weighted by Gasteiger charge is -2.31. The molecule has 0 unspecified atom stereocenters. The Bertz CT molecular complexity index is 443. The summed E-state index contributed by atoms with van der Waals surface area (Å²) in [6, 6.07) is 4.52. The molecular formula is C14H17BrFNO. The first kappa shape index (κ1) is 13.5. The van der Waals surface area contributed by atoms with Gasteiger partial charge in [0.1, 0.15) is 5.82 Å². The van der Waals surface area contributed by atoms with Crippen LogP contribution in [0.3, 0.4) is 0 Å². The molecule has 4 heteroatoms. The number of amides is 1. The van der Waals surface area contributed by atoms with Crippen molar-refractivity contribution in [1.29, 1.82) is 0 Å². The van der Waals surface area contributed by atoms with Gasteiger partial charge in [0, 0.05) is 17.6 Å². The summed E-state index contributed by atoms with van der Waals surface area (Å²) in [5, 5.41) is 0. The lowest BCUT2D eigenvalue weighted by molar-refractivity contribution is 0.0695. The molecule has 2 nitrogen and oxygen atoms in total. The molecule has 1 aromatic rings. The first-order chi connectivity index (χ1) is 8.59. The molecule has 1 fully saturated rings. The lowest BCUT2D eigenvalue weighted by atomic mass is 9.94. The Morgan fingerprint density at radius 3 is 2.67 bits per heavy atom. The fraction of sp³-hybridized carbons (Fsp3) is 0.500. The Kier molecular flexibility index (Phi) is 4.38. The van der Waals surface area contributed by atoms with Gasteiger partial charge in [-0.05, 0) is 47.0 Å². The third-order valence-corrected chi connectivity index (χ3v) is 4.29. The van der Waals surface area contributed by atoms with Crippen molar-refractivity contribution in [3.8, 4) is 0 Å². The summed E-state index contributed by atoms with van der Waals surface area (Å²) in [4.78, 5) is 14.1. The predicted octanol–water partition coefficient (Wildman–Crippen LogP) is 3.99. The number of benzene rings is 1. The molecule has 18 heavy (non-hydrogen) atoms. The summed E-state index contributed by atoms with van der Waals surface area (Å²) in [6.07, 6.45) is 5.70. The highest BCUT2D eigenvalue weighted by atomic mass is 79.9. The van der Waals surface area contributed by atoms with Crippen LogP contribution in [0.1, 0.15) is 42.5 Å². The fourth-order valence-corrected chi connectivity index (χ4v) is 2.90. The van der Waals surface area contributed by atoms with Gasteiger partial charge < -0.3 is 4.90 Å². The normalized spacial score (nSPS) is 16.6. The van der Waals surface area contributed by atoms with Crippen molar-refractivity contribution < 1.29 is 9.18 Å². The second kappa shape index (κ2) is 5.83. The molecule has 0 radical (unpaired) electrons. The second-order valence-electron chi connectivity index (χ2n) is 4.83. The average molecular weight is 314 g/mol. The quantitative estimate of drug-likeness (QED) is 0.808. The smallest absolute Gasteiger partial charge is 0.255 e. The first-order valence-electron chi connectivity index (χ1n) is 6.32. The standard InChI is InChI=1S/C14H17BrFNO/c1-17(11-5-3-2-4-6-11)14(18)12-9-10(16)7-8-13(12)15/h7-9,11H,2-6H2,1H3. The Morgan fingerprint density at radius 2 is 2.00 bits per heavy atom. The zero-order valence-corrected chi connectivity index (χ0v) is 12.0. The molecule has 0 atom stereocenters. The molecule has 0 heterocycles. The third-order valence-electron chi connectivity index (χ3n) is 3.60. The van der Waals surface area contributed by atoms with E-state index in [0.29, 0.717) is 16.1 Å². The van der Waals surface area contributed by atoms with Gasteiger partial charge in [0.15, 0.2) is 0 Å². The van der Waals surface area contributed by atoms with Crippen molar-refractivity contribution in [2.75, 3.05) is 7.05 Å². The van der Waals surface area contributed by atoms with Gasteiger partial charge >= 0.3 is 0 Å². The maximum absolute atomic E-state index is 13.2. The molecule has 1 saturated carbocycles. The minimum Gasteiger partial charge on any atom is -0.339 e. The van der Waals surface area contributed by atoms with Crippen molar-refractivity contribution in [1.82, 2.24) is 4.90 Å². The Balaban J connectivity index is 2.16. The highest BCUT2D eigenvalue weighted by Crippen LogP contribution is 2.25. The summed E-state index contributed by atoms with van der Waals surface area (Å²) < 4.78 is 13.9. The molecule has 1 amide bonds. The van der Waals surface area contributed by atoms with Crippen LogP contribution in [0.4, 0.5) is 4.39 Å². The molecule has 1 aliphatic carbocycles. The number of hydrogen-bond acceptors (Lipinski definition) is 1. The largest absolute Gasteiger partial charge is 0.339 e. The molecule has 1 aromatic carbocycles. The zero-order chi connectivity index (χ0) is 13.1. The van der Waals surface area contributed by atoms with Crippen LogP contribution in [0.2, 0.25) is 0 Å². The number of rotatable bonds is 2. The Hall–Kier alpha value is -0.900. The topological polar surface area (TPSA) is 20.3 Å². The van der Waals surface area contributed by atoms with Gasteiger partial charge in [-0.25, -0.2) is 4.39 Å². The van der Waals surface area contributed by atoms with E-state index < -0.39 is 0 Å². The van der Waals surface area contributed by atoms with Crippen molar-refractivity contribution in [2.45, 2.75) is 38.1 Å². The van der Waals surface area contributed by atoms with Crippen molar-refractivity contribution >= 4 is 21.8 Å². The van der Waals surface area contributed by atoms with Crippen LogP contribution >= 0.6 is 15.9 Å². The number of halogens is 2. The predicted molar refractivity (Wildman–Crippen MR) is 73.1 cm³/mol. The number of carbonyl (C=O) groups is 1. The maximum Gasteiger partial charge on any atom is 0.255 e. The zero-order valence-electron chi connectivity index (χ0n) is 10.5. The Morgan fingerprint density at radius 1 is 1.33 bits per heavy atom. The van der Waals surface area contributed by atoms with Crippen molar-refractivity contribution in [3.05, 3.63) is 34.1 Å². The van der Waals surface area contributed by atoms with Crippen LogP contribution in [0.15, 0.2) is 22.7 Å². The van der Waals surface area contributed by atoms with E-state index in [-0.39, 0.29) is 11.7 Å². The molecule has 0 aliphatic heterocycles. The fourth-order valence-electron chi connectivity index (χ4n) is 2.49. The molecule has 1 aliphatic rings. The van der Waals surface area contributed by atoms with E-state index >= 15 is 0 Å². The monoisotopic (exact) mass is 313 g/mol. The molecule has 2 rings (SSSR count). The van der Waals surface area contributed by atoms with E-state index in [0.717, 1.165) is 12.8 Å². The van der Waals surface area contributed by atoms with Crippen molar-refractivity contribution in [2.24, 2.45) is 0 Å². The van der Waals surface area contributed by atoms with E-state index in [1.54, 1.807) is 11.0 Å². The van der Waals surface area contributed by atoms with Crippen LogP contribution in [0.25, 0.3) is 0 Å². The second-order valence-corrected chi connectivity index (χ2v) is 5.69. The molecule has 0 N–H and O–H groups in total.